The molecule has 0 aromatic heterocycles. The molecular weight excluding hydrogens is 570 g/mol. The Bertz CT molecular complexity index is 886. The lowest BCUT2D eigenvalue weighted by Gasteiger charge is -2.31. The topological polar surface area (TPSA) is 99.1 Å². The molecule has 0 radical (unpaired) electrons. The minimum atomic E-state index is -0.888. The SMILES string of the molecule is CC/C=C/C/C=C/C/C=C/CCCCC(=O)OC(COCCC(C(=O)O)[N+](C)(C)C)COC(=O)CCC/C=C/CCCCCC. The number of hydrogen-bond acceptors (Lipinski definition) is 6. The molecule has 0 aromatic rings. The van der Waals surface area contributed by atoms with Crippen LogP contribution >= 0.6 is 0 Å². The number of unbranched alkanes of at least 4 members (excludes halogenated alkanes) is 7. The number of carboxylic acids is 1. The summed E-state index contributed by atoms with van der Waals surface area (Å²) in [6.45, 7) is 4.47. The lowest BCUT2D eigenvalue weighted by Crippen LogP contribution is -2.50. The molecular formula is C37H64NO7+. The quantitative estimate of drug-likeness (QED) is 0.0384. The Morgan fingerprint density at radius 3 is 1.89 bits per heavy atom. The highest BCUT2D eigenvalue weighted by Gasteiger charge is 2.31. The summed E-state index contributed by atoms with van der Waals surface area (Å²) in [6, 6.07) is -0.623. The van der Waals surface area contributed by atoms with Crippen molar-refractivity contribution in [2.75, 3.05) is 41.0 Å². The zero-order chi connectivity index (χ0) is 33.6. The van der Waals surface area contributed by atoms with Crippen molar-refractivity contribution in [3.63, 3.8) is 0 Å². The van der Waals surface area contributed by atoms with Crippen molar-refractivity contribution < 1.29 is 38.2 Å². The van der Waals surface area contributed by atoms with E-state index in [4.69, 9.17) is 14.2 Å². The molecule has 0 bridgehead atoms. The third kappa shape index (κ3) is 27.3. The van der Waals surface area contributed by atoms with Gasteiger partial charge in [0.2, 0.25) is 0 Å². The van der Waals surface area contributed by atoms with Gasteiger partial charge in [0.1, 0.15) is 6.61 Å². The Morgan fingerprint density at radius 2 is 1.27 bits per heavy atom. The van der Waals surface area contributed by atoms with E-state index in [0.717, 1.165) is 44.9 Å². The van der Waals surface area contributed by atoms with Crippen molar-refractivity contribution >= 4 is 17.9 Å². The minimum Gasteiger partial charge on any atom is -0.477 e. The number of carbonyl (C=O) groups is 3. The summed E-state index contributed by atoms with van der Waals surface area (Å²) >= 11 is 0. The maximum atomic E-state index is 12.6. The number of hydrogen-bond donors (Lipinski definition) is 1. The lowest BCUT2D eigenvalue weighted by atomic mass is 10.1. The normalized spacial score (nSPS) is 13.7. The molecule has 0 saturated heterocycles. The van der Waals surface area contributed by atoms with Crippen LogP contribution in [-0.2, 0) is 28.6 Å². The van der Waals surface area contributed by atoms with Crippen LogP contribution in [0.4, 0.5) is 0 Å². The molecule has 0 spiro atoms. The first kappa shape index (κ1) is 42.3. The van der Waals surface area contributed by atoms with E-state index in [1.165, 1.54) is 25.7 Å². The van der Waals surface area contributed by atoms with Gasteiger partial charge in [-0.1, -0.05) is 81.7 Å². The van der Waals surface area contributed by atoms with Crippen molar-refractivity contribution in [2.45, 2.75) is 129 Å². The summed E-state index contributed by atoms with van der Waals surface area (Å²) in [5, 5.41) is 9.54. The molecule has 8 heteroatoms. The Hall–Kier alpha value is -2.71. The van der Waals surface area contributed by atoms with E-state index in [9.17, 15) is 19.5 Å². The fourth-order valence-electron chi connectivity index (χ4n) is 4.52. The van der Waals surface area contributed by atoms with Crippen molar-refractivity contribution in [3.8, 4) is 0 Å². The predicted octanol–water partition coefficient (Wildman–Crippen LogP) is 8.12. The molecule has 258 valence electrons. The van der Waals surface area contributed by atoms with Crippen molar-refractivity contribution in [1.82, 2.24) is 0 Å². The first-order valence-electron chi connectivity index (χ1n) is 17.2. The molecule has 0 saturated carbocycles. The van der Waals surface area contributed by atoms with Crippen molar-refractivity contribution in [3.05, 3.63) is 48.6 Å². The number of quaternary nitrogens is 1. The van der Waals surface area contributed by atoms with E-state index >= 15 is 0 Å². The maximum Gasteiger partial charge on any atom is 0.362 e. The Balaban J connectivity index is 4.60. The summed E-state index contributed by atoms with van der Waals surface area (Å²) in [4.78, 5) is 36.5. The number of carbonyl (C=O) groups excluding carboxylic acids is 2. The van der Waals surface area contributed by atoms with E-state index in [2.05, 4.69) is 62.5 Å². The summed E-state index contributed by atoms with van der Waals surface area (Å²) in [5.41, 5.74) is 0. The average Bonchev–Trinajstić information content (AvgIpc) is 2.98. The zero-order valence-electron chi connectivity index (χ0n) is 29.1. The molecule has 0 heterocycles. The van der Waals surface area contributed by atoms with Crippen LogP contribution in [-0.4, -0.2) is 80.6 Å². The molecule has 0 amide bonds. The molecule has 0 fully saturated rings. The number of esters is 2. The van der Waals surface area contributed by atoms with Crippen molar-refractivity contribution in [2.24, 2.45) is 0 Å². The van der Waals surface area contributed by atoms with Gasteiger partial charge in [0, 0.05) is 19.3 Å². The zero-order valence-corrected chi connectivity index (χ0v) is 29.1. The van der Waals surface area contributed by atoms with Crippen LogP contribution in [0.2, 0.25) is 0 Å². The van der Waals surface area contributed by atoms with Crippen LogP contribution in [0.25, 0.3) is 0 Å². The molecule has 0 aromatic carbocycles. The summed E-state index contributed by atoms with van der Waals surface area (Å²) < 4.78 is 17.0. The van der Waals surface area contributed by atoms with E-state index < -0.39 is 18.1 Å². The van der Waals surface area contributed by atoms with Gasteiger partial charge in [0.05, 0.1) is 34.4 Å². The molecule has 8 nitrogen and oxygen atoms in total. The lowest BCUT2D eigenvalue weighted by molar-refractivity contribution is -0.887. The van der Waals surface area contributed by atoms with Gasteiger partial charge in [-0.2, -0.15) is 0 Å². The molecule has 2 unspecified atom stereocenters. The molecule has 0 rings (SSSR count). The highest BCUT2D eigenvalue weighted by Crippen LogP contribution is 2.11. The van der Waals surface area contributed by atoms with Crippen LogP contribution in [0.5, 0.6) is 0 Å². The van der Waals surface area contributed by atoms with E-state index in [-0.39, 0.29) is 42.7 Å². The van der Waals surface area contributed by atoms with Crippen LogP contribution in [0.15, 0.2) is 48.6 Å². The number of ether oxygens (including phenoxy) is 3. The highest BCUT2D eigenvalue weighted by molar-refractivity contribution is 5.72. The molecule has 0 aliphatic rings. The Kier molecular flexibility index (Phi) is 27.0. The standard InChI is InChI=1S/C37H63NO7/c1-6-8-10-12-14-16-17-18-20-22-24-26-28-36(40)45-33(31-43-30-29-34(37(41)42)38(3,4)5)32-44-35(39)27-25-23-21-19-15-13-11-9-7-2/h8,10,14,16,18-21,33-34H,6-7,9,11-13,15,17,22-32H2,1-5H3/p+1/b10-8+,16-14+,20-18+,21-19+. The summed E-state index contributed by atoms with van der Waals surface area (Å²) in [5.74, 6) is -1.58. The molecule has 1 N–H and O–H groups in total. The first-order valence-corrected chi connectivity index (χ1v) is 17.2. The third-order valence-electron chi connectivity index (χ3n) is 7.21. The summed E-state index contributed by atoms with van der Waals surface area (Å²) in [6.07, 6.45) is 30.3. The Morgan fingerprint density at radius 1 is 0.689 bits per heavy atom. The average molecular weight is 635 g/mol. The molecule has 0 aliphatic heterocycles. The smallest absolute Gasteiger partial charge is 0.362 e. The van der Waals surface area contributed by atoms with Gasteiger partial charge >= 0.3 is 17.9 Å². The predicted molar refractivity (Wildman–Crippen MR) is 183 cm³/mol. The monoisotopic (exact) mass is 634 g/mol. The van der Waals surface area contributed by atoms with Crippen molar-refractivity contribution in [1.29, 1.82) is 0 Å². The van der Waals surface area contributed by atoms with Gasteiger partial charge in [-0.15, -0.1) is 0 Å². The molecule has 0 aliphatic carbocycles. The number of aliphatic carboxylic acids is 1. The van der Waals surface area contributed by atoms with Gasteiger partial charge in [0.25, 0.3) is 0 Å². The van der Waals surface area contributed by atoms with Gasteiger partial charge in [0.15, 0.2) is 12.1 Å². The number of likely N-dealkylation sites (N-methyl/N-ethyl adjacent to an activating group) is 1. The molecule has 2 atom stereocenters. The highest BCUT2D eigenvalue weighted by atomic mass is 16.6. The van der Waals surface area contributed by atoms with E-state index in [0.29, 0.717) is 25.7 Å². The largest absolute Gasteiger partial charge is 0.477 e. The van der Waals surface area contributed by atoms with Gasteiger partial charge in [-0.05, 0) is 64.2 Å². The van der Waals surface area contributed by atoms with Crippen LogP contribution < -0.4 is 0 Å². The summed E-state index contributed by atoms with van der Waals surface area (Å²) in [7, 11) is 5.48. The second-order valence-electron chi connectivity index (χ2n) is 12.4. The third-order valence-corrected chi connectivity index (χ3v) is 7.21. The number of nitrogens with zero attached hydrogens (tertiary/aromatic N) is 1. The second kappa shape index (κ2) is 28.7. The fourth-order valence-corrected chi connectivity index (χ4v) is 4.52. The van der Waals surface area contributed by atoms with Gasteiger partial charge in [-0.25, -0.2) is 4.79 Å². The number of allylic oxidation sites excluding steroid dienone is 8. The van der Waals surface area contributed by atoms with Crippen LogP contribution in [0.3, 0.4) is 0 Å². The number of rotatable bonds is 29. The molecule has 45 heavy (non-hydrogen) atoms. The maximum absolute atomic E-state index is 12.6. The minimum absolute atomic E-state index is 0.0355. The van der Waals surface area contributed by atoms with Crippen LogP contribution in [0, 0.1) is 0 Å². The Labute approximate surface area is 274 Å². The fraction of sp³-hybridized carbons (Fsp3) is 0.703. The van der Waals surface area contributed by atoms with Gasteiger partial charge in [-0.3, -0.25) is 9.59 Å². The first-order chi connectivity index (χ1) is 21.6. The van der Waals surface area contributed by atoms with Crippen LogP contribution in [0.1, 0.15) is 117 Å². The van der Waals surface area contributed by atoms with E-state index in [1.807, 2.05) is 21.1 Å². The van der Waals surface area contributed by atoms with E-state index in [1.54, 1.807) is 0 Å². The van der Waals surface area contributed by atoms with Gasteiger partial charge < -0.3 is 23.8 Å². The second-order valence-corrected chi connectivity index (χ2v) is 12.4. The number of carboxylic acid groups (broad SMARTS) is 1.